The number of rotatable bonds is 2. The van der Waals surface area contributed by atoms with Gasteiger partial charge in [0.1, 0.15) is 0 Å². The fourth-order valence-electron chi connectivity index (χ4n) is 0.443. The number of hydrogen-bond acceptors (Lipinski definition) is 4. The molecule has 0 aromatic rings. The quantitative estimate of drug-likeness (QED) is 0.458. The van der Waals surface area contributed by atoms with Crippen molar-refractivity contribution in [1.29, 1.82) is 0 Å². The number of carbonyl (C=O) groups excluding carboxylic acids is 2. The highest BCUT2D eigenvalue weighted by Crippen LogP contribution is 1.83. The van der Waals surface area contributed by atoms with Crippen LogP contribution < -0.4 is 0 Å². The Labute approximate surface area is 76.0 Å². The van der Waals surface area contributed by atoms with Gasteiger partial charge in [0, 0.05) is 6.08 Å². The van der Waals surface area contributed by atoms with Gasteiger partial charge in [-0.05, 0) is 6.92 Å². The van der Waals surface area contributed by atoms with E-state index in [0.29, 0.717) is 6.61 Å². The summed E-state index contributed by atoms with van der Waals surface area (Å²) in [5.74, 6) is -0.558. The van der Waals surface area contributed by atoms with Crippen LogP contribution in [0.25, 0.3) is 0 Å². The van der Waals surface area contributed by atoms with Crippen molar-refractivity contribution in [2.24, 2.45) is 4.99 Å². The largest absolute Gasteiger partial charge is 0.473 e. The van der Waals surface area contributed by atoms with Gasteiger partial charge < -0.3 is 9.47 Å². The Morgan fingerprint density at radius 2 is 2.62 bits per heavy atom. The Morgan fingerprint density at radius 3 is 2.77 bits per heavy atom. The summed E-state index contributed by atoms with van der Waals surface area (Å²) in [6, 6.07) is 0. The molecule has 5 nitrogen and oxygen atoms in total. The van der Waals surface area contributed by atoms with E-state index in [4.69, 9.17) is 0 Å². The molecule has 1 amide bonds. The van der Waals surface area contributed by atoms with Gasteiger partial charge in [-0.2, -0.15) is 4.99 Å². The van der Waals surface area contributed by atoms with Gasteiger partial charge in [0.05, 0.1) is 6.61 Å². The third kappa shape index (κ3) is 6.74. The number of aliphatic imine (C=N–C) groups is 1. The lowest BCUT2D eigenvalue weighted by Crippen LogP contribution is -1.97. The molecule has 0 fully saturated rings. The lowest BCUT2D eigenvalue weighted by Gasteiger charge is -1.90. The van der Waals surface area contributed by atoms with Crippen LogP contribution in [0.1, 0.15) is 6.92 Å². The molecule has 0 spiro atoms. The zero-order valence-corrected chi connectivity index (χ0v) is 7.36. The molecule has 0 saturated heterocycles. The Morgan fingerprint density at radius 1 is 1.92 bits per heavy atom. The van der Waals surface area contributed by atoms with Crippen molar-refractivity contribution in [3.63, 3.8) is 0 Å². The SMILES string of the molecule is C=CC(=O)OCC.O=C1COC=N1. The minimum atomic E-state index is -0.359. The summed E-state index contributed by atoms with van der Waals surface area (Å²) in [5.41, 5.74) is 0. The van der Waals surface area contributed by atoms with Gasteiger partial charge in [0.15, 0.2) is 13.0 Å². The van der Waals surface area contributed by atoms with E-state index in [2.05, 4.69) is 21.0 Å². The van der Waals surface area contributed by atoms with Crippen LogP contribution in [-0.2, 0) is 19.1 Å². The highest BCUT2D eigenvalue weighted by atomic mass is 16.5. The van der Waals surface area contributed by atoms with Crippen LogP contribution in [0.15, 0.2) is 17.6 Å². The summed E-state index contributed by atoms with van der Waals surface area (Å²) in [6.45, 7) is 5.50. The highest BCUT2D eigenvalue weighted by molar-refractivity contribution is 5.88. The summed E-state index contributed by atoms with van der Waals surface area (Å²) < 4.78 is 8.85. The predicted octanol–water partition coefficient (Wildman–Crippen LogP) is 0.307. The number of amides is 1. The smallest absolute Gasteiger partial charge is 0.330 e. The van der Waals surface area contributed by atoms with Gasteiger partial charge in [0.25, 0.3) is 5.91 Å². The molecule has 0 aromatic carbocycles. The molecular weight excluding hydrogens is 174 g/mol. The Kier molecular flexibility index (Phi) is 6.13. The maximum absolute atomic E-state index is 10.1. The normalized spacial score (nSPS) is 12.5. The van der Waals surface area contributed by atoms with Crippen molar-refractivity contribution in [3.8, 4) is 0 Å². The summed E-state index contributed by atoms with van der Waals surface area (Å²) in [4.78, 5) is 23.2. The molecule has 1 heterocycles. The van der Waals surface area contributed by atoms with Crippen LogP contribution >= 0.6 is 0 Å². The second-order valence-electron chi connectivity index (χ2n) is 1.90. The summed E-state index contributed by atoms with van der Waals surface area (Å²) in [5, 5.41) is 0. The van der Waals surface area contributed by atoms with Crippen molar-refractivity contribution in [2.75, 3.05) is 13.2 Å². The molecule has 1 aliphatic heterocycles. The summed E-state index contributed by atoms with van der Waals surface area (Å²) >= 11 is 0. The molecule has 1 aliphatic rings. The van der Waals surface area contributed by atoms with Crippen molar-refractivity contribution in [3.05, 3.63) is 12.7 Å². The van der Waals surface area contributed by atoms with Crippen molar-refractivity contribution in [1.82, 2.24) is 0 Å². The van der Waals surface area contributed by atoms with Crippen LogP contribution in [0.4, 0.5) is 0 Å². The molecule has 0 atom stereocenters. The van der Waals surface area contributed by atoms with Gasteiger partial charge in [-0.25, -0.2) is 4.79 Å². The standard InChI is InChI=1S/C5H8O2.C3H3NO2/c1-3-5(6)7-4-2;5-3-1-6-2-4-3/h3H,1,4H2,2H3;2H,1H2. The van der Waals surface area contributed by atoms with E-state index in [-0.39, 0.29) is 18.5 Å². The van der Waals surface area contributed by atoms with Crippen LogP contribution in [-0.4, -0.2) is 31.5 Å². The molecule has 1 rings (SSSR count). The van der Waals surface area contributed by atoms with E-state index in [1.807, 2.05) is 0 Å². The highest BCUT2D eigenvalue weighted by Gasteiger charge is 2.01. The monoisotopic (exact) mass is 185 g/mol. The molecule has 0 unspecified atom stereocenters. The van der Waals surface area contributed by atoms with Gasteiger partial charge in [-0.1, -0.05) is 6.58 Å². The lowest BCUT2D eigenvalue weighted by atomic mass is 10.6. The third-order valence-corrected chi connectivity index (χ3v) is 0.931. The molecule has 0 aliphatic carbocycles. The van der Waals surface area contributed by atoms with Crippen molar-refractivity contribution in [2.45, 2.75) is 6.92 Å². The fraction of sp³-hybridized carbons (Fsp3) is 0.375. The molecular formula is C8H11NO4. The topological polar surface area (TPSA) is 65.0 Å². The summed E-state index contributed by atoms with van der Waals surface area (Å²) in [7, 11) is 0. The molecule has 5 heteroatoms. The first kappa shape index (κ1) is 11.4. The maximum Gasteiger partial charge on any atom is 0.330 e. The minimum absolute atomic E-state index is 0.125. The first-order valence-electron chi connectivity index (χ1n) is 3.66. The first-order chi connectivity index (χ1) is 6.20. The zero-order valence-electron chi connectivity index (χ0n) is 7.36. The maximum atomic E-state index is 10.1. The molecule has 72 valence electrons. The third-order valence-electron chi connectivity index (χ3n) is 0.931. The van der Waals surface area contributed by atoms with E-state index < -0.39 is 0 Å². The molecule has 0 radical (unpaired) electrons. The van der Waals surface area contributed by atoms with Gasteiger partial charge in [-0.15, -0.1) is 0 Å². The molecule has 0 aromatic heterocycles. The fourth-order valence-corrected chi connectivity index (χ4v) is 0.443. The van der Waals surface area contributed by atoms with E-state index in [1.165, 1.54) is 0 Å². The van der Waals surface area contributed by atoms with Crippen molar-refractivity contribution < 1.29 is 19.1 Å². The second kappa shape index (κ2) is 7.02. The number of nitrogens with zero attached hydrogens (tertiary/aromatic N) is 1. The number of carbonyl (C=O) groups is 2. The Hall–Kier alpha value is -1.65. The second-order valence-corrected chi connectivity index (χ2v) is 1.90. The average Bonchev–Trinajstić information content (AvgIpc) is 2.57. The molecule has 13 heavy (non-hydrogen) atoms. The van der Waals surface area contributed by atoms with Crippen LogP contribution in [0.5, 0.6) is 0 Å². The first-order valence-corrected chi connectivity index (χ1v) is 3.66. The van der Waals surface area contributed by atoms with Gasteiger partial charge in [0.2, 0.25) is 0 Å². The minimum Gasteiger partial charge on any atom is -0.473 e. The summed E-state index contributed by atoms with van der Waals surface area (Å²) in [6.07, 6.45) is 2.30. The molecule has 0 bridgehead atoms. The van der Waals surface area contributed by atoms with E-state index in [9.17, 15) is 9.59 Å². The van der Waals surface area contributed by atoms with E-state index in [1.54, 1.807) is 6.92 Å². The predicted molar refractivity (Wildman–Crippen MR) is 46.3 cm³/mol. The number of esters is 1. The Balaban J connectivity index is 0.000000223. The number of ether oxygens (including phenoxy) is 2. The van der Waals surface area contributed by atoms with E-state index in [0.717, 1.165) is 12.5 Å². The van der Waals surface area contributed by atoms with Crippen LogP contribution in [0.2, 0.25) is 0 Å². The van der Waals surface area contributed by atoms with Crippen molar-refractivity contribution >= 4 is 18.3 Å². The average molecular weight is 185 g/mol. The number of hydrogen-bond donors (Lipinski definition) is 0. The zero-order chi connectivity index (χ0) is 10.1. The van der Waals surface area contributed by atoms with Gasteiger partial charge in [-0.3, -0.25) is 4.79 Å². The van der Waals surface area contributed by atoms with Crippen LogP contribution in [0, 0.1) is 0 Å². The van der Waals surface area contributed by atoms with E-state index >= 15 is 0 Å². The van der Waals surface area contributed by atoms with Gasteiger partial charge >= 0.3 is 5.97 Å². The molecule has 0 N–H and O–H groups in total. The lowest BCUT2D eigenvalue weighted by molar-refractivity contribution is -0.137. The van der Waals surface area contributed by atoms with Crippen LogP contribution in [0.3, 0.4) is 0 Å². The Bertz CT molecular complexity index is 222. The molecule has 0 saturated carbocycles.